The summed E-state index contributed by atoms with van der Waals surface area (Å²) in [6.45, 7) is 8.19. The minimum Gasteiger partial charge on any atom is -0.383 e. The van der Waals surface area contributed by atoms with Crippen molar-refractivity contribution in [2.24, 2.45) is 0 Å². The van der Waals surface area contributed by atoms with Gasteiger partial charge in [0.15, 0.2) is 0 Å². The average Bonchev–Trinajstić information content (AvgIpc) is 3.33. The van der Waals surface area contributed by atoms with E-state index < -0.39 is 6.04 Å². The lowest BCUT2D eigenvalue weighted by molar-refractivity contribution is -0.143. The molecule has 1 saturated heterocycles. The molecule has 9 heteroatoms. The molecule has 1 aliphatic heterocycles. The molecule has 1 fully saturated rings. The number of carbonyl (C=O) groups is 2. The summed E-state index contributed by atoms with van der Waals surface area (Å²) in [6, 6.07) is 17.4. The van der Waals surface area contributed by atoms with Gasteiger partial charge in [0.2, 0.25) is 11.8 Å². The SMILES string of the molecule is COCCN(C)C(=O)C(Cc1ccccc1)N(Cc1ccc(N2CCOCC2)cc1)C(=O)C=Cc1sc(C)nc1C. The summed E-state index contributed by atoms with van der Waals surface area (Å²) in [7, 11) is 3.38. The number of carbonyl (C=O) groups excluding carboxylic acids is 2. The molecule has 41 heavy (non-hydrogen) atoms. The third kappa shape index (κ3) is 8.48. The number of nitrogens with zero attached hydrogens (tertiary/aromatic N) is 4. The Bertz CT molecular complexity index is 1300. The van der Waals surface area contributed by atoms with Crippen molar-refractivity contribution in [3.05, 3.63) is 87.4 Å². The van der Waals surface area contributed by atoms with E-state index in [1.807, 2.05) is 62.4 Å². The zero-order valence-electron chi connectivity index (χ0n) is 24.4. The van der Waals surface area contributed by atoms with Crippen LogP contribution in [-0.2, 0) is 32.0 Å². The van der Waals surface area contributed by atoms with Crippen LogP contribution in [-0.4, -0.2) is 86.3 Å². The molecule has 4 rings (SSSR count). The Morgan fingerprint density at radius 1 is 1.07 bits per heavy atom. The number of morpholine rings is 1. The molecule has 8 nitrogen and oxygen atoms in total. The van der Waals surface area contributed by atoms with E-state index in [4.69, 9.17) is 9.47 Å². The Labute approximate surface area is 247 Å². The number of aromatic nitrogens is 1. The van der Waals surface area contributed by atoms with Crippen molar-refractivity contribution in [2.45, 2.75) is 32.9 Å². The van der Waals surface area contributed by atoms with Crippen molar-refractivity contribution in [1.82, 2.24) is 14.8 Å². The van der Waals surface area contributed by atoms with Crippen LogP contribution in [0.1, 0.15) is 26.7 Å². The highest BCUT2D eigenvalue weighted by Gasteiger charge is 2.31. The normalized spacial score (nSPS) is 14.3. The van der Waals surface area contributed by atoms with Crippen LogP contribution in [0.5, 0.6) is 0 Å². The molecule has 0 bridgehead atoms. The lowest BCUT2D eigenvalue weighted by atomic mass is 10.0. The highest BCUT2D eigenvalue weighted by atomic mass is 32.1. The fraction of sp³-hybridized carbons (Fsp3) is 0.406. The number of ether oxygens (including phenoxy) is 2. The second-order valence-corrected chi connectivity index (χ2v) is 11.4. The minimum atomic E-state index is -0.695. The molecular formula is C32H40N4O4S. The summed E-state index contributed by atoms with van der Waals surface area (Å²) in [6.07, 6.45) is 3.79. The molecule has 0 saturated carbocycles. The molecule has 1 aromatic heterocycles. The first kappa shape index (κ1) is 30.4. The van der Waals surface area contributed by atoms with Crippen LogP contribution in [0.2, 0.25) is 0 Å². The quantitative estimate of drug-likeness (QED) is 0.299. The number of methoxy groups -OCH3 is 1. The standard InChI is InChI=1S/C32H40N4O4S/c1-24-30(41-25(2)33-24)14-15-31(37)36(23-27-10-12-28(13-11-27)35-17-20-40-21-18-35)29(22-26-8-6-5-7-9-26)32(38)34(3)16-19-39-4/h5-15,29H,16-23H2,1-4H3. The predicted molar refractivity (Wildman–Crippen MR) is 164 cm³/mol. The van der Waals surface area contributed by atoms with Crippen molar-refractivity contribution < 1.29 is 19.1 Å². The molecular weight excluding hydrogens is 536 g/mol. The van der Waals surface area contributed by atoms with Gasteiger partial charge in [0.05, 0.1) is 35.4 Å². The van der Waals surface area contributed by atoms with Crippen LogP contribution in [0.15, 0.2) is 60.7 Å². The van der Waals surface area contributed by atoms with E-state index in [0.29, 0.717) is 26.1 Å². The van der Waals surface area contributed by atoms with Gasteiger partial charge < -0.3 is 24.2 Å². The van der Waals surface area contributed by atoms with E-state index in [9.17, 15) is 9.59 Å². The first-order valence-corrected chi connectivity index (χ1v) is 14.8. The maximum atomic E-state index is 13.9. The Morgan fingerprint density at radius 3 is 2.41 bits per heavy atom. The topological polar surface area (TPSA) is 75.2 Å². The van der Waals surface area contributed by atoms with Gasteiger partial charge >= 0.3 is 0 Å². The fourth-order valence-corrected chi connectivity index (χ4v) is 5.71. The van der Waals surface area contributed by atoms with E-state index in [0.717, 1.165) is 58.7 Å². The van der Waals surface area contributed by atoms with E-state index in [-0.39, 0.29) is 11.8 Å². The molecule has 2 amide bonds. The van der Waals surface area contributed by atoms with Crippen molar-refractivity contribution in [3.63, 3.8) is 0 Å². The molecule has 218 valence electrons. The molecule has 1 unspecified atom stereocenters. The molecule has 2 aromatic carbocycles. The lowest BCUT2D eigenvalue weighted by Gasteiger charge is -2.33. The zero-order valence-corrected chi connectivity index (χ0v) is 25.2. The highest BCUT2D eigenvalue weighted by molar-refractivity contribution is 7.12. The van der Waals surface area contributed by atoms with Crippen LogP contribution >= 0.6 is 11.3 Å². The number of anilines is 1. The summed E-state index contributed by atoms with van der Waals surface area (Å²) in [4.78, 5) is 38.9. The van der Waals surface area contributed by atoms with E-state index in [1.165, 1.54) is 0 Å². The number of aryl methyl sites for hydroxylation is 2. The molecule has 0 aliphatic carbocycles. The summed E-state index contributed by atoms with van der Waals surface area (Å²) < 4.78 is 10.7. The summed E-state index contributed by atoms with van der Waals surface area (Å²) in [5, 5.41) is 0.948. The average molecular weight is 577 g/mol. The van der Waals surface area contributed by atoms with Gasteiger partial charge in [0.1, 0.15) is 6.04 Å². The van der Waals surface area contributed by atoms with Gasteiger partial charge in [-0.2, -0.15) is 0 Å². The Kier molecular flexibility index (Phi) is 11.1. The van der Waals surface area contributed by atoms with Crippen molar-refractivity contribution in [3.8, 4) is 0 Å². The molecule has 0 radical (unpaired) electrons. The second-order valence-electron chi connectivity index (χ2n) is 10.2. The molecule has 3 aromatic rings. The number of rotatable bonds is 12. The minimum absolute atomic E-state index is 0.123. The maximum absolute atomic E-state index is 13.9. The van der Waals surface area contributed by atoms with Crippen LogP contribution < -0.4 is 4.90 Å². The van der Waals surface area contributed by atoms with Crippen LogP contribution in [0.25, 0.3) is 6.08 Å². The van der Waals surface area contributed by atoms with E-state index in [2.05, 4.69) is 22.0 Å². The first-order chi connectivity index (χ1) is 19.9. The van der Waals surface area contributed by atoms with Crippen molar-refractivity contribution in [1.29, 1.82) is 0 Å². The van der Waals surface area contributed by atoms with Gasteiger partial charge in [-0.25, -0.2) is 4.98 Å². The summed E-state index contributed by atoms with van der Waals surface area (Å²) >= 11 is 1.55. The van der Waals surface area contributed by atoms with E-state index in [1.54, 1.807) is 41.4 Å². The predicted octanol–water partition coefficient (Wildman–Crippen LogP) is 4.35. The molecule has 2 heterocycles. The summed E-state index contributed by atoms with van der Waals surface area (Å²) in [5.41, 5.74) is 3.96. The molecule has 0 spiro atoms. The molecule has 1 aliphatic rings. The highest BCUT2D eigenvalue weighted by Crippen LogP contribution is 2.22. The lowest BCUT2D eigenvalue weighted by Crippen LogP contribution is -2.51. The number of amides is 2. The number of hydrogen-bond acceptors (Lipinski definition) is 7. The number of hydrogen-bond donors (Lipinski definition) is 0. The fourth-order valence-electron chi connectivity index (χ4n) is 4.88. The van der Waals surface area contributed by atoms with Gasteiger partial charge in [-0.3, -0.25) is 9.59 Å². The third-order valence-corrected chi connectivity index (χ3v) is 8.24. The van der Waals surface area contributed by atoms with Crippen LogP contribution in [0, 0.1) is 13.8 Å². The van der Waals surface area contributed by atoms with Gasteiger partial charge in [-0.05, 0) is 43.2 Å². The zero-order chi connectivity index (χ0) is 29.2. The maximum Gasteiger partial charge on any atom is 0.247 e. The van der Waals surface area contributed by atoms with Gasteiger partial charge in [-0.15, -0.1) is 11.3 Å². The Hall–Kier alpha value is -3.53. The van der Waals surface area contributed by atoms with Gasteiger partial charge in [0.25, 0.3) is 0 Å². The number of benzene rings is 2. The molecule has 0 N–H and O–H groups in total. The largest absolute Gasteiger partial charge is 0.383 e. The smallest absolute Gasteiger partial charge is 0.247 e. The van der Waals surface area contributed by atoms with Crippen LogP contribution in [0.4, 0.5) is 5.69 Å². The molecule has 1 atom stereocenters. The third-order valence-electron chi connectivity index (χ3n) is 7.21. The van der Waals surface area contributed by atoms with E-state index >= 15 is 0 Å². The Morgan fingerprint density at radius 2 is 1.78 bits per heavy atom. The van der Waals surface area contributed by atoms with Gasteiger partial charge in [0, 0.05) is 58.5 Å². The first-order valence-electron chi connectivity index (χ1n) is 14.0. The summed E-state index contributed by atoms with van der Waals surface area (Å²) in [5.74, 6) is -0.343. The van der Waals surface area contributed by atoms with Crippen LogP contribution in [0.3, 0.4) is 0 Å². The van der Waals surface area contributed by atoms with Crippen molar-refractivity contribution in [2.75, 3.05) is 58.5 Å². The number of thiazole rings is 1. The monoisotopic (exact) mass is 576 g/mol. The van der Waals surface area contributed by atoms with Crippen molar-refractivity contribution >= 4 is 34.9 Å². The Balaban J connectivity index is 1.66. The second kappa shape index (κ2) is 14.9. The number of likely N-dealkylation sites (N-methyl/N-ethyl adjacent to an activating group) is 1. The van der Waals surface area contributed by atoms with Gasteiger partial charge in [-0.1, -0.05) is 42.5 Å².